The number of aromatic hydroxyl groups is 1. The van der Waals surface area contributed by atoms with E-state index in [-0.39, 0.29) is 12.3 Å². The van der Waals surface area contributed by atoms with Crippen molar-refractivity contribution >= 4 is 39.9 Å². The molecule has 1 aliphatic rings. The third kappa shape index (κ3) is 6.02. The third-order valence-corrected chi connectivity index (χ3v) is 6.73. The van der Waals surface area contributed by atoms with Crippen molar-refractivity contribution in [2.24, 2.45) is 4.99 Å². The van der Waals surface area contributed by atoms with Crippen molar-refractivity contribution < 1.29 is 19.7 Å². The molecule has 37 heavy (non-hydrogen) atoms. The van der Waals surface area contributed by atoms with Crippen LogP contribution < -0.4 is 0 Å². The molecule has 0 atom stereocenters. The number of aromatic nitrogens is 1. The Kier molecular flexibility index (Phi) is 7.55. The number of aromatic amines is 1. The predicted molar refractivity (Wildman–Crippen MR) is 145 cm³/mol. The van der Waals surface area contributed by atoms with E-state index in [0.29, 0.717) is 28.2 Å². The smallest absolute Gasteiger partial charge is 0.303 e. The van der Waals surface area contributed by atoms with Gasteiger partial charge in [0.25, 0.3) is 0 Å². The first-order chi connectivity index (χ1) is 18.0. The quantitative estimate of drug-likeness (QED) is 0.266. The zero-order valence-electron chi connectivity index (χ0n) is 20.3. The number of aliphatic imine (C=N–C) groups is 1. The number of hydrogen-bond acceptors (Lipinski definition) is 5. The summed E-state index contributed by atoms with van der Waals surface area (Å²) in [5.41, 5.74) is 5.48. The van der Waals surface area contributed by atoms with E-state index in [1.807, 2.05) is 42.5 Å². The molecule has 3 N–H and O–H groups in total. The number of carbonyl (C=O) groups is 1. The summed E-state index contributed by atoms with van der Waals surface area (Å²) in [4.78, 5) is 21.5. The van der Waals surface area contributed by atoms with Crippen LogP contribution in [0.15, 0.2) is 71.7 Å². The van der Waals surface area contributed by atoms with E-state index < -0.39 is 5.97 Å². The van der Waals surface area contributed by atoms with Gasteiger partial charge in [-0.3, -0.25) is 9.69 Å². The number of ether oxygens (including phenoxy) is 1. The Morgan fingerprint density at radius 3 is 2.57 bits per heavy atom. The number of carboxylic acid groups (broad SMARTS) is 1. The van der Waals surface area contributed by atoms with E-state index in [1.165, 1.54) is 5.56 Å². The standard InChI is InChI=1S/C29H28ClN3O4/c30-22-7-10-24-25(17-22)32-29(36)27(24)28(21-3-1-2-19(16-21)6-11-26(34)35)31-23-8-4-20(5-9-23)18-33-12-14-37-15-13-33/h1-5,7-10,16-17,32,36H,6,11-15,18H2,(H,34,35). The average Bonchev–Trinajstić information content (AvgIpc) is 3.22. The molecule has 1 aromatic heterocycles. The molecule has 0 amide bonds. The Hall–Kier alpha value is -3.65. The Labute approximate surface area is 220 Å². The maximum atomic E-state index is 11.1. The molecule has 3 aromatic carbocycles. The average molecular weight is 518 g/mol. The lowest BCUT2D eigenvalue weighted by Crippen LogP contribution is -2.35. The molecule has 0 spiro atoms. The van der Waals surface area contributed by atoms with Crippen molar-refractivity contribution in [1.29, 1.82) is 0 Å². The number of halogens is 1. The highest BCUT2D eigenvalue weighted by molar-refractivity contribution is 6.31. The fourth-order valence-electron chi connectivity index (χ4n) is 4.61. The van der Waals surface area contributed by atoms with Gasteiger partial charge in [0.15, 0.2) is 5.88 Å². The Morgan fingerprint density at radius 1 is 1.03 bits per heavy atom. The molecule has 0 saturated carbocycles. The summed E-state index contributed by atoms with van der Waals surface area (Å²) >= 11 is 6.18. The summed E-state index contributed by atoms with van der Waals surface area (Å²) < 4.78 is 5.44. The first-order valence-corrected chi connectivity index (χ1v) is 12.6. The van der Waals surface area contributed by atoms with Gasteiger partial charge in [0, 0.05) is 42.0 Å². The van der Waals surface area contributed by atoms with Crippen LogP contribution in [-0.4, -0.2) is 58.1 Å². The van der Waals surface area contributed by atoms with Crippen LogP contribution in [0.5, 0.6) is 5.88 Å². The number of nitrogens with one attached hydrogen (secondary N) is 1. The molecule has 0 radical (unpaired) electrons. The normalized spacial score (nSPS) is 14.8. The second-order valence-electron chi connectivity index (χ2n) is 9.15. The molecular formula is C29H28ClN3O4. The van der Waals surface area contributed by atoms with Gasteiger partial charge in [-0.15, -0.1) is 0 Å². The highest BCUT2D eigenvalue weighted by atomic mass is 35.5. The van der Waals surface area contributed by atoms with Crippen LogP contribution in [0.1, 0.15) is 28.7 Å². The third-order valence-electron chi connectivity index (χ3n) is 6.49. The molecule has 0 aliphatic carbocycles. The molecule has 0 bridgehead atoms. The summed E-state index contributed by atoms with van der Waals surface area (Å²) in [6.45, 7) is 4.22. The second kappa shape index (κ2) is 11.2. The zero-order chi connectivity index (χ0) is 25.8. The number of nitrogens with zero attached hydrogens (tertiary/aromatic N) is 2. The lowest BCUT2D eigenvalue weighted by Gasteiger charge is -2.26. The van der Waals surface area contributed by atoms with Gasteiger partial charge in [0.05, 0.1) is 35.7 Å². The summed E-state index contributed by atoms with van der Waals surface area (Å²) in [5, 5.41) is 21.4. The SMILES string of the molecule is O=C(O)CCc1cccc(C(=Nc2ccc(CN3CCOCC3)cc2)c2c(O)[nH]c3cc(Cl)ccc23)c1. The summed E-state index contributed by atoms with van der Waals surface area (Å²) in [5.74, 6) is -0.849. The minimum atomic E-state index is -0.845. The van der Waals surface area contributed by atoms with Gasteiger partial charge in [0.2, 0.25) is 0 Å². The number of morpholine rings is 1. The van der Waals surface area contributed by atoms with Crippen LogP contribution in [0, 0.1) is 0 Å². The van der Waals surface area contributed by atoms with Gasteiger partial charge in [-0.2, -0.15) is 0 Å². The van der Waals surface area contributed by atoms with Crippen LogP contribution in [0.25, 0.3) is 10.9 Å². The topological polar surface area (TPSA) is 98.2 Å². The van der Waals surface area contributed by atoms with Gasteiger partial charge >= 0.3 is 5.97 Å². The van der Waals surface area contributed by atoms with Crippen LogP contribution >= 0.6 is 11.6 Å². The van der Waals surface area contributed by atoms with E-state index in [9.17, 15) is 9.90 Å². The first kappa shape index (κ1) is 25.0. The highest BCUT2D eigenvalue weighted by Gasteiger charge is 2.19. The van der Waals surface area contributed by atoms with Crippen LogP contribution in [0.3, 0.4) is 0 Å². The van der Waals surface area contributed by atoms with Crippen LogP contribution in [-0.2, 0) is 22.5 Å². The molecule has 4 aromatic rings. The lowest BCUT2D eigenvalue weighted by atomic mass is 9.97. The maximum absolute atomic E-state index is 11.1. The molecule has 0 unspecified atom stereocenters. The number of rotatable bonds is 8. The molecule has 5 rings (SSSR count). The van der Waals surface area contributed by atoms with Crippen molar-refractivity contribution in [3.63, 3.8) is 0 Å². The van der Waals surface area contributed by atoms with Gasteiger partial charge in [0.1, 0.15) is 0 Å². The molecule has 7 nitrogen and oxygen atoms in total. The Morgan fingerprint density at radius 2 is 1.81 bits per heavy atom. The Bertz CT molecular complexity index is 1440. The van der Waals surface area contributed by atoms with Crippen LogP contribution in [0.4, 0.5) is 5.69 Å². The number of H-pyrrole nitrogens is 1. The van der Waals surface area contributed by atoms with Crippen molar-refractivity contribution in [2.75, 3.05) is 26.3 Å². The Balaban J connectivity index is 1.54. The van der Waals surface area contributed by atoms with E-state index in [2.05, 4.69) is 22.0 Å². The van der Waals surface area contributed by atoms with Crippen molar-refractivity contribution in [3.8, 4) is 5.88 Å². The fourth-order valence-corrected chi connectivity index (χ4v) is 4.78. The van der Waals surface area contributed by atoms with E-state index >= 15 is 0 Å². The van der Waals surface area contributed by atoms with Crippen LogP contribution in [0.2, 0.25) is 5.02 Å². The number of carboxylic acids is 1. The predicted octanol–water partition coefficient (Wildman–Crippen LogP) is 5.55. The second-order valence-corrected chi connectivity index (χ2v) is 9.58. The fraction of sp³-hybridized carbons (Fsp3) is 0.241. The molecule has 190 valence electrons. The minimum absolute atomic E-state index is 0.00380. The number of hydrogen-bond donors (Lipinski definition) is 3. The van der Waals surface area contributed by atoms with Crippen molar-refractivity contribution in [2.45, 2.75) is 19.4 Å². The molecule has 1 aliphatic heterocycles. The molecule has 1 fully saturated rings. The first-order valence-electron chi connectivity index (χ1n) is 12.3. The number of aryl methyl sites for hydroxylation is 1. The van der Waals surface area contributed by atoms with Gasteiger partial charge in [-0.05, 0) is 47.9 Å². The molecular weight excluding hydrogens is 490 g/mol. The number of aliphatic carboxylic acids is 1. The summed E-state index contributed by atoms with van der Waals surface area (Å²) in [7, 11) is 0. The van der Waals surface area contributed by atoms with Gasteiger partial charge in [-0.25, -0.2) is 4.99 Å². The van der Waals surface area contributed by atoms with Gasteiger partial charge < -0.3 is 19.9 Å². The summed E-state index contributed by atoms with van der Waals surface area (Å²) in [6, 6.07) is 21.2. The van der Waals surface area contributed by atoms with Crippen molar-refractivity contribution in [3.05, 3.63) is 94.0 Å². The number of fused-ring (bicyclic) bond motifs is 1. The zero-order valence-corrected chi connectivity index (χ0v) is 21.0. The van der Waals surface area contributed by atoms with E-state index in [1.54, 1.807) is 12.1 Å². The summed E-state index contributed by atoms with van der Waals surface area (Å²) in [6.07, 6.45) is 0.444. The largest absolute Gasteiger partial charge is 0.494 e. The minimum Gasteiger partial charge on any atom is -0.494 e. The van der Waals surface area contributed by atoms with E-state index in [0.717, 1.165) is 55.0 Å². The molecule has 1 saturated heterocycles. The van der Waals surface area contributed by atoms with Gasteiger partial charge in [-0.1, -0.05) is 48.0 Å². The van der Waals surface area contributed by atoms with Crippen molar-refractivity contribution in [1.82, 2.24) is 9.88 Å². The monoisotopic (exact) mass is 517 g/mol. The lowest BCUT2D eigenvalue weighted by molar-refractivity contribution is -0.136. The highest BCUT2D eigenvalue weighted by Crippen LogP contribution is 2.33. The maximum Gasteiger partial charge on any atom is 0.303 e. The number of benzene rings is 3. The molecule has 8 heteroatoms. The van der Waals surface area contributed by atoms with E-state index in [4.69, 9.17) is 26.4 Å². The molecule has 2 heterocycles.